The van der Waals surface area contributed by atoms with Crippen LogP contribution < -0.4 is 0 Å². The second kappa shape index (κ2) is 8.28. The Hall–Kier alpha value is -2.19. The lowest BCUT2D eigenvalue weighted by Crippen LogP contribution is -2.21. The van der Waals surface area contributed by atoms with E-state index in [1.165, 1.54) is 12.1 Å². The molecule has 2 nitrogen and oxygen atoms in total. The molecule has 0 aliphatic heterocycles. The maximum Gasteiger partial charge on any atom is 0.417 e. The zero-order valence-corrected chi connectivity index (χ0v) is 16.0. The minimum atomic E-state index is -5.08. The van der Waals surface area contributed by atoms with Crippen LogP contribution in [0.4, 0.5) is 26.3 Å². The van der Waals surface area contributed by atoms with Crippen LogP contribution in [0.25, 0.3) is 5.83 Å². The molecule has 0 aliphatic carbocycles. The molecule has 29 heavy (non-hydrogen) atoms. The molecule has 0 radical (unpaired) electrons. The number of benzene rings is 2. The van der Waals surface area contributed by atoms with E-state index in [1.54, 1.807) is 0 Å². The number of hydrogen-bond acceptors (Lipinski definition) is 1. The van der Waals surface area contributed by atoms with E-state index >= 15 is 0 Å². The first-order valence-corrected chi connectivity index (χ1v) is 8.62. The molecular formula is C19H12Cl2F6O2. The number of carbonyl (C=O) groups is 1. The number of rotatable bonds is 5. The fourth-order valence-corrected chi connectivity index (χ4v) is 2.90. The van der Waals surface area contributed by atoms with E-state index in [2.05, 4.69) is 0 Å². The number of carboxylic acids is 1. The molecule has 0 spiro atoms. The number of allylic oxidation sites excluding steroid dienone is 1. The highest BCUT2D eigenvalue weighted by Crippen LogP contribution is 2.40. The van der Waals surface area contributed by atoms with Crippen LogP contribution in [0.1, 0.15) is 39.9 Å². The van der Waals surface area contributed by atoms with Gasteiger partial charge in [-0.25, -0.2) is 18.0 Å². The normalized spacial score (nSPS) is 14.0. The topological polar surface area (TPSA) is 37.3 Å². The van der Waals surface area contributed by atoms with Gasteiger partial charge < -0.3 is 5.11 Å². The largest absolute Gasteiger partial charge is 0.478 e. The van der Waals surface area contributed by atoms with Crippen LogP contribution in [0.2, 0.25) is 10.0 Å². The molecule has 2 aromatic rings. The summed E-state index contributed by atoms with van der Waals surface area (Å²) in [7, 11) is 0. The van der Waals surface area contributed by atoms with E-state index in [-0.39, 0.29) is 21.7 Å². The molecule has 0 saturated heterocycles. The first-order valence-electron chi connectivity index (χ1n) is 7.87. The maximum atomic E-state index is 14.6. The average Bonchev–Trinajstić information content (AvgIpc) is 2.59. The van der Waals surface area contributed by atoms with Gasteiger partial charge in [-0.05, 0) is 35.9 Å². The Morgan fingerprint density at radius 2 is 1.66 bits per heavy atom. The molecule has 10 heteroatoms. The van der Waals surface area contributed by atoms with Gasteiger partial charge in [0.15, 0.2) is 0 Å². The summed E-state index contributed by atoms with van der Waals surface area (Å²) in [6.07, 6.45) is -4.63. The SMILES string of the molecule is CC(F)(F)C(/C=C(\F)c1ccc(C(=O)O)c(C(F)(F)F)c1)c1ccc(Cl)c(Cl)c1. The first-order chi connectivity index (χ1) is 13.2. The third-order valence-corrected chi connectivity index (χ3v) is 4.73. The Labute approximate surface area is 171 Å². The van der Waals surface area contributed by atoms with Gasteiger partial charge in [0.05, 0.1) is 27.1 Å². The van der Waals surface area contributed by atoms with Gasteiger partial charge in [-0.2, -0.15) is 13.2 Å². The van der Waals surface area contributed by atoms with Crippen molar-refractivity contribution in [2.24, 2.45) is 0 Å². The standard InChI is InChI=1S/C19H12Cl2F6O2/c1-18(23,24)12(9-3-5-14(20)15(21)7-9)8-16(22)10-2-4-11(17(28)29)13(6-10)19(25,26)27/h2-8,12H,1H3,(H,28,29)/b16-8-. The molecule has 1 N–H and O–H groups in total. The molecule has 156 valence electrons. The minimum absolute atomic E-state index is 0.0580. The van der Waals surface area contributed by atoms with E-state index in [1.807, 2.05) is 0 Å². The van der Waals surface area contributed by atoms with Crippen LogP contribution in [0, 0.1) is 0 Å². The molecule has 0 bridgehead atoms. The van der Waals surface area contributed by atoms with Crippen LogP contribution in [-0.4, -0.2) is 17.0 Å². The zero-order chi connectivity index (χ0) is 22.1. The fraction of sp³-hybridized carbons (Fsp3) is 0.211. The number of alkyl halides is 5. The van der Waals surface area contributed by atoms with Crippen molar-refractivity contribution in [3.05, 3.63) is 74.8 Å². The van der Waals surface area contributed by atoms with Gasteiger partial charge in [0, 0.05) is 12.5 Å². The van der Waals surface area contributed by atoms with Crippen LogP contribution in [0.5, 0.6) is 0 Å². The van der Waals surface area contributed by atoms with Gasteiger partial charge >= 0.3 is 12.1 Å². The first kappa shape index (κ1) is 23.1. The number of hydrogen-bond donors (Lipinski definition) is 1. The molecule has 1 unspecified atom stereocenters. The van der Waals surface area contributed by atoms with Gasteiger partial charge in [0.2, 0.25) is 0 Å². The molecular weight excluding hydrogens is 445 g/mol. The minimum Gasteiger partial charge on any atom is -0.478 e. The highest BCUT2D eigenvalue weighted by atomic mass is 35.5. The van der Waals surface area contributed by atoms with E-state index in [0.29, 0.717) is 19.1 Å². The summed E-state index contributed by atoms with van der Waals surface area (Å²) in [4.78, 5) is 11.0. The molecule has 2 rings (SSSR count). The summed E-state index contributed by atoms with van der Waals surface area (Å²) < 4.78 is 82.1. The molecule has 2 aromatic carbocycles. The lowest BCUT2D eigenvalue weighted by molar-refractivity contribution is -0.138. The quantitative estimate of drug-likeness (QED) is 0.474. The molecule has 0 heterocycles. The van der Waals surface area contributed by atoms with Crippen molar-refractivity contribution in [2.75, 3.05) is 0 Å². The summed E-state index contributed by atoms with van der Waals surface area (Å²) in [6.45, 7) is 0.513. The summed E-state index contributed by atoms with van der Waals surface area (Å²) in [5.74, 6) is -8.61. The smallest absolute Gasteiger partial charge is 0.417 e. The predicted molar refractivity (Wildman–Crippen MR) is 97.3 cm³/mol. The molecule has 0 fully saturated rings. The third-order valence-electron chi connectivity index (χ3n) is 3.99. The van der Waals surface area contributed by atoms with Crippen LogP contribution in [0.3, 0.4) is 0 Å². The lowest BCUT2D eigenvalue weighted by atomic mass is 9.91. The fourth-order valence-electron chi connectivity index (χ4n) is 2.60. The van der Waals surface area contributed by atoms with Gasteiger partial charge in [-0.15, -0.1) is 0 Å². The highest BCUT2D eigenvalue weighted by Gasteiger charge is 2.37. The summed E-state index contributed by atoms with van der Waals surface area (Å²) >= 11 is 11.5. The second-order valence-corrected chi connectivity index (χ2v) is 7.00. The second-order valence-electron chi connectivity index (χ2n) is 6.19. The molecule has 0 amide bonds. The zero-order valence-electron chi connectivity index (χ0n) is 14.5. The van der Waals surface area contributed by atoms with Crippen LogP contribution in [0.15, 0.2) is 42.5 Å². The molecule has 1 atom stereocenters. The van der Waals surface area contributed by atoms with Crippen molar-refractivity contribution in [3.8, 4) is 0 Å². The molecule has 0 aromatic heterocycles. The van der Waals surface area contributed by atoms with Crippen molar-refractivity contribution in [3.63, 3.8) is 0 Å². The van der Waals surface area contributed by atoms with E-state index < -0.39 is 46.5 Å². The van der Waals surface area contributed by atoms with E-state index in [0.717, 1.165) is 12.1 Å². The van der Waals surface area contributed by atoms with Crippen LogP contribution in [-0.2, 0) is 6.18 Å². The van der Waals surface area contributed by atoms with E-state index in [4.69, 9.17) is 28.3 Å². The number of aromatic carboxylic acids is 1. The van der Waals surface area contributed by atoms with Crippen molar-refractivity contribution in [2.45, 2.75) is 24.9 Å². The van der Waals surface area contributed by atoms with Gasteiger partial charge in [-0.1, -0.05) is 35.3 Å². The Morgan fingerprint density at radius 1 is 1.03 bits per heavy atom. The van der Waals surface area contributed by atoms with Crippen molar-refractivity contribution >= 4 is 35.0 Å². The Bertz CT molecular complexity index is 964. The lowest BCUT2D eigenvalue weighted by Gasteiger charge is -2.22. The molecule has 0 saturated carbocycles. The highest BCUT2D eigenvalue weighted by molar-refractivity contribution is 6.42. The van der Waals surface area contributed by atoms with E-state index in [9.17, 15) is 31.1 Å². The maximum absolute atomic E-state index is 14.6. The predicted octanol–water partition coefficient (Wildman–Crippen LogP) is 7.46. The van der Waals surface area contributed by atoms with Crippen molar-refractivity contribution < 1.29 is 36.2 Å². The van der Waals surface area contributed by atoms with Crippen LogP contribution >= 0.6 is 23.2 Å². The number of halogens is 8. The van der Waals surface area contributed by atoms with Crippen molar-refractivity contribution in [1.29, 1.82) is 0 Å². The third kappa shape index (κ3) is 5.45. The Morgan fingerprint density at radius 3 is 2.14 bits per heavy atom. The summed E-state index contributed by atoms with van der Waals surface area (Å²) in [6, 6.07) is 5.11. The van der Waals surface area contributed by atoms with Gasteiger partial charge in [0.25, 0.3) is 5.92 Å². The summed E-state index contributed by atoms with van der Waals surface area (Å²) in [5, 5.41) is 8.90. The van der Waals surface area contributed by atoms with Gasteiger partial charge in [0.1, 0.15) is 5.83 Å². The van der Waals surface area contributed by atoms with Crippen molar-refractivity contribution in [1.82, 2.24) is 0 Å². The Kier molecular flexibility index (Phi) is 6.59. The number of carboxylic acid groups (broad SMARTS) is 1. The average molecular weight is 457 g/mol. The van der Waals surface area contributed by atoms with Gasteiger partial charge in [-0.3, -0.25) is 0 Å². The monoisotopic (exact) mass is 456 g/mol. The summed E-state index contributed by atoms with van der Waals surface area (Å²) in [5.41, 5.74) is -3.49. The molecule has 0 aliphatic rings. The Balaban J connectivity index is 2.58.